The number of rotatable bonds is 7. The van der Waals surface area contributed by atoms with Gasteiger partial charge >= 0.3 is 0 Å². The van der Waals surface area contributed by atoms with Crippen LogP contribution in [-0.4, -0.2) is 53.2 Å². The van der Waals surface area contributed by atoms with Crippen molar-refractivity contribution in [2.75, 3.05) is 32.8 Å². The molecule has 0 saturated carbocycles. The summed E-state index contributed by atoms with van der Waals surface area (Å²) in [5.74, 6) is 0.994. The number of ether oxygens (including phenoxy) is 1. The molecule has 1 saturated heterocycles. The van der Waals surface area contributed by atoms with E-state index in [0.717, 1.165) is 51.6 Å². The summed E-state index contributed by atoms with van der Waals surface area (Å²) >= 11 is 0. The summed E-state index contributed by atoms with van der Waals surface area (Å²) in [6.45, 7) is 9.70. The van der Waals surface area contributed by atoms with E-state index in [2.05, 4.69) is 26.7 Å². The van der Waals surface area contributed by atoms with Crippen LogP contribution in [0.15, 0.2) is 12.4 Å². The van der Waals surface area contributed by atoms with E-state index in [1.54, 1.807) is 6.20 Å². The maximum Gasteiger partial charge on any atom is 0.224 e. The van der Waals surface area contributed by atoms with E-state index in [1.807, 2.05) is 13.1 Å². The third-order valence-electron chi connectivity index (χ3n) is 3.77. The Labute approximate surface area is 126 Å². The smallest absolute Gasteiger partial charge is 0.224 e. The molecule has 0 spiro atoms. The summed E-state index contributed by atoms with van der Waals surface area (Å²) < 4.78 is 7.41. The Bertz CT molecular complexity index is 441. The molecule has 1 N–H and O–H groups in total. The molecule has 0 radical (unpaired) electrons. The summed E-state index contributed by atoms with van der Waals surface area (Å²) in [6, 6.07) is 0. The number of carbonyl (C=O) groups excluding carboxylic acids is 1. The molecule has 21 heavy (non-hydrogen) atoms. The average molecular weight is 294 g/mol. The van der Waals surface area contributed by atoms with Crippen LogP contribution in [0.3, 0.4) is 0 Å². The fourth-order valence-corrected chi connectivity index (χ4v) is 2.55. The largest absolute Gasteiger partial charge is 0.379 e. The second kappa shape index (κ2) is 8.14. The van der Waals surface area contributed by atoms with E-state index in [0.29, 0.717) is 6.54 Å². The second-order valence-electron chi connectivity index (χ2n) is 5.57. The van der Waals surface area contributed by atoms with Gasteiger partial charge in [0.15, 0.2) is 0 Å². The lowest BCUT2D eigenvalue weighted by molar-refractivity contribution is -0.125. The number of amides is 1. The molecule has 0 unspecified atom stereocenters. The SMILES string of the molecule is CCCn1ccnc1CNC(=O)[C@H](C)CN1CCOCC1. The highest BCUT2D eigenvalue weighted by Crippen LogP contribution is 2.05. The molecule has 1 fully saturated rings. The van der Waals surface area contributed by atoms with Crippen LogP contribution in [0.5, 0.6) is 0 Å². The van der Waals surface area contributed by atoms with Crippen LogP contribution in [0.1, 0.15) is 26.1 Å². The predicted molar refractivity (Wildman–Crippen MR) is 80.8 cm³/mol. The molecule has 1 aromatic rings. The highest BCUT2D eigenvalue weighted by molar-refractivity contribution is 5.78. The van der Waals surface area contributed by atoms with Crippen molar-refractivity contribution in [2.45, 2.75) is 33.4 Å². The van der Waals surface area contributed by atoms with Crippen molar-refractivity contribution in [3.8, 4) is 0 Å². The van der Waals surface area contributed by atoms with E-state index in [9.17, 15) is 4.79 Å². The minimum Gasteiger partial charge on any atom is -0.379 e. The van der Waals surface area contributed by atoms with Crippen molar-refractivity contribution in [3.63, 3.8) is 0 Å². The maximum atomic E-state index is 12.2. The van der Waals surface area contributed by atoms with Gasteiger partial charge in [-0.2, -0.15) is 0 Å². The van der Waals surface area contributed by atoms with Gasteiger partial charge in [0, 0.05) is 44.5 Å². The molecule has 118 valence electrons. The zero-order chi connectivity index (χ0) is 15.1. The lowest BCUT2D eigenvalue weighted by atomic mass is 10.1. The van der Waals surface area contributed by atoms with Crippen molar-refractivity contribution in [1.29, 1.82) is 0 Å². The number of imidazole rings is 1. The Morgan fingerprint density at radius 1 is 1.48 bits per heavy atom. The van der Waals surface area contributed by atoms with E-state index in [4.69, 9.17) is 4.74 Å². The second-order valence-corrected chi connectivity index (χ2v) is 5.57. The molecule has 0 bridgehead atoms. The number of hydrogen-bond acceptors (Lipinski definition) is 4. The number of nitrogens with one attached hydrogen (secondary N) is 1. The van der Waals surface area contributed by atoms with E-state index in [-0.39, 0.29) is 11.8 Å². The summed E-state index contributed by atoms with van der Waals surface area (Å²) in [5, 5.41) is 2.99. The monoisotopic (exact) mass is 294 g/mol. The average Bonchev–Trinajstić information content (AvgIpc) is 2.93. The van der Waals surface area contributed by atoms with Crippen LogP contribution in [0.2, 0.25) is 0 Å². The molecule has 0 aliphatic carbocycles. The van der Waals surface area contributed by atoms with Crippen LogP contribution < -0.4 is 5.32 Å². The van der Waals surface area contributed by atoms with Gasteiger partial charge in [0.1, 0.15) is 5.82 Å². The van der Waals surface area contributed by atoms with Crippen LogP contribution in [0.25, 0.3) is 0 Å². The molecule has 0 aromatic carbocycles. The summed E-state index contributed by atoms with van der Waals surface area (Å²) in [6.07, 6.45) is 4.81. The molecular formula is C15H26N4O2. The highest BCUT2D eigenvalue weighted by Gasteiger charge is 2.19. The quantitative estimate of drug-likeness (QED) is 0.811. The first-order chi connectivity index (χ1) is 10.2. The Hall–Kier alpha value is -1.40. The first-order valence-corrected chi connectivity index (χ1v) is 7.78. The van der Waals surface area contributed by atoms with Crippen molar-refractivity contribution >= 4 is 5.91 Å². The fourth-order valence-electron chi connectivity index (χ4n) is 2.55. The van der Waals surface area contributed by atoms with Gasteiger partial charge in [-0.3, -0.25) is 9.69 Å². The van der Waals surface area contributed by atoms with E-state index < -0.39 is 0 Å². The summed E-state index contributed by atoms with van der Waals surface area (Å²) in [4.78, 5) is 18.8. The van der Waals surface area contributed by atoms with Crippen LogP contribution in [0, 0.1) is 5.92 Å². The molecule has 1 aromatic heterocycles. The third-order valence-corrected chi connectivity index (χ3v) is 3.77. The molecular weight excluding hydrogens is 268 g/mol. The van der Waals surface area contributed by atoms with Gasteiger partial charge in [0.25, 0.3) is 0 Å². The minimum atomic E-state index is -0.0160. The highest BCUT2D eigenvalue weighted by atomic mass is 16.5. The zero-order valence-corrected chi connectivity index (χ0v) is 13.0. The van der Waals surface area contributed by atoms with Crippen LogP contribution >= 0.6 is 0 Å². The number of hydrogen-bond donors (Lipinski definition) is 1. The van der Waals surface area contributed by atoms with Crippen molar-refractivity contribution in [2.24, 2.45) is 5.92 Å². The summed E-state index contributed by atoms with van der Waals surface area (Å²) in [7, 11) is 0. The lowest BCUT2D eigenvalue weighted by Gasteiger charge is -2.28. The van der Waals surface area contributed by atoms with Gasteiger partial charge in [-0.15, -0.1) is 0 Å². The lowest BCUT2D eigenvalue weighted by Crippen LogP contribution is -2.42. The Morgan fingerprint density at radius 2 is 2.24 bits per heavy atom. The van der Waals surface area contributed by atoms with Gasteiger partial charge in [-0.1, -0.05) is 13.8 Å². The molecule has 1 aliphatic rings. The van der Waals surface area contributed by atoms with Gasteiger partial charge in [0.05, 0.1) is 19.8 Å². The summed E-state index contributed by atoms with van der Waals surface area (Å²) in [5.41, 5.74) is 0. The van der Waals surface area contributed by atoms with Gasteiger partial charge in [-0.05, 0) is 6.42 Å². The fraction of sp³-hybridized carbons (Fsp3) is 0.733. The zero-order valence-electron chi connectivity index (χ0n) is 13.0. The standard InChI is InChI=1S/C15H26N4O2/c1-3-5-19-6-4-16-14(19)11-17-15(20)13(2)12-18-7-9-21-10-8-18/h4,6,13H,3,5,7-12H2,1-2H3,(H,17,20)/t13-/m1/s1. The Morgan fingerprint density at radius 3 is 2.95 bits per heavy atom. The topological polar surface area (TPSA) is 59.4 Å². The third kappa shape index (κ3) is 4.82. The normalized spacial score (nSPS) is 17.6. The maximum absolute atomic E-state index is 12.2. The first kappa shape index (κ1) is 16.0. The van der Waals surface area contributed by atoms with E-state index >= 15 is 0 Å². The molecule has 1 atom stereocenters. The predicted octanol–water partition coefficient (Wildman–Crippen LogP) is 0.878. The van der Waals surface area contributed by atoms with Crippen molar-refractivity contribution in [3.05, 3.63) is 18.2 Å². The molecule has 6 nitrogen and oxygen atoms in total. The van der Waals surface area contributed by atoms with Crippen molar-refractivity contribution in [1.82, 2.24) is 19.8 Å². The van der Waals surface area contributed by atoms with E-state index in [1.165, 1.54) is 0 Å². The van der Waals surface area contributed by atoms with Crippen LogP contribution in [-0.2, 0) is 22.6 Å². The first-order valence-electron chi connectivity index (χ1n) is 7.78. The van der Waals surface area contributed by atoms with Gasteiger partial charge in [-0.25, -0.2) is 4.98 Å². The minimum absolute atomic E-state index is 0.0160. The molecule has 1 amide bonds. The molecule has 6 heteroatoms. The Kier molecular flexibility index (Phi) is 6.20. The van der Waals surface area contributed by atoms with Gasteiger partial charge in [0.2, 0.25) is 5.91 Å². The number of nitrogens with zero attached hydrogens (tertiary/aromatic N) is 3. The molecule has 2 heterocycles. The molecule has 2 rings (SSSR count). The number of morpholine rings is 1. The molecule has 1 aliphatic heterocycles. The number of carbonyl (C=O) groups is 1. The number of aryl methyl sites for hydroxylation is 1. The van der Waals surface area contributed by atoms with Crippen LogP contribution in [0.4, 0.5) is 0 Å². The van der Waals surface area contributed by atoms with Crippen molar-refractivity contribution < 1.29 is 9.53 Å². The Balaban J connectivity index is 1.76. The van der Waals surface area contributed by atoms with Gasteiger partial charge < -0.3 is 14.6 Å². The number of aromatic nitrogens is 2.